The first kappa shape index (κ1) is 22.4. The van der Waals surface area contributed by atoms with Crippen molar-refractivity contribution >= 4 is 16.8 Å². The van der Waals surface area contributed by atoms with Gasteiger partial charge in [-0.05, 0) is 73.7 Å². The lowest BCUT2D eigenvalue weighted by Crippen LogP contribution is -2.44. The number of unbranched alkanes of at least 4 members (excludes halogenated alkanes) is 1. The average Bonchev–Trinajstić information content (AvgIpc) is 3.21. The van der Waals surface area contributed by atoms with E-state index in [2.05, 4.69) is 52.5 Å². The van der Waals surface area contributed by atoms with Gasteiger partial charge in [-0.25, -0.2) is 0 Å². The molecule has 1 saturated heterocycles. The molecule has 4 rings (SSSR count). The van der Waals surface area contributed by atoms with Gasteiger partial charge in [-0.1, -0.05) is 31.5 Å². The molecule has 0 saturated carbocycles. The smallest absolute Gasteiger partial charge is 0.220 e. The van der Waals surface area contributed by atoms with E-state index in [1.807, 2.05) is 18.2 Å². The number of aromatic amines is 1. The molecule has 1 fully saturated rings. The van der Waals surface area contributed by atoms with Gasteiger partial charge in [0.1, 0.15) is 5.75 Å². The number of para-hydroxylation sites is 1. The van der Waals surface area contributed by atoms with Gasteiger partial charge in [0.05, 0.1) is 7.11 Å². The quantitative estimate of drug-likeness (QED) is 0.490. The first-order valence-electron chi connectivity index (χ1n) is 11.9. The summed E-state index contributed by atoms with van der Waals surface area (Å²) in [5.41, 5.74) is 4.51. The topological polar surface area (TPSA) is 57.4 Å². The highest BCUT2D eigenvalue weighted by atomic mass is 16.5. The van der Waals surface area contributed by atoms with Crippen LogP contribution in [0.3, 0.4) is 0 Å². The number of hydrogen-bond acceptors (Lipinski definition) is 3. The fourth-order valence-electron chi connectivity index (χ4n) is 4.68. The predicted octanol–water partition coefficient (Wildman–Crippen LogP) is 5.16. The SMILES string of the molecule is CCCCN1CCC(NC(=O)CCc2c(-c3ccc(OC)cc3)[nH]c3ccccc23)CC1. The molecular weight excluding hydrogens is 398 g/mol. The molecule has 1 aliphatic heterocycles. The number of rotatable bonds is 9. The Morgan fingerprint density at radius 2 is 1.88 bits per heavy atom. The van der Waals surface area contributed by atoms with Crippen molar-refractivity contribution in [2.24, 2.45) is 0 Å². The average molecular weight is 434 g/mol. The van der Waals surface area contributed by atoms with E-state index in [1.165, 1.54) is 30.3 Å². The van der Waals surface area contributed by atoms with Crippen LogP contribution < -0.4 is 10.1 Å². The number of H-pyrrole nitrogens is 1. The molecule has 0 bridgehead atoms. The molecule has 5 nitrogen and oxygen atoms in total. The Balaban J connectivity index is 1.41. The molecule has 1 aromatic heterocycles. The first-order chi connectivity index (χ1) is 15.7. The zero-order chi connectivity index (χ0) is 22.3. The van der Waals surface area contributed by atoms with Crippen LogP contribution in [0.25, 0.3) is 22.2 Å². The van der Waals surface area contributed by atoms with Crippen molar-refractivity contribution in [2.45, 2.75) is 51.5 Å². The number of aryl methyl sites for hydroxylation is 1. The van der Waals surface area contributed by atoms with Gasteiger partial charge in [-0.15, -0.1) is 0 Å². The van der Waals surface area contributed by atoms with E-state index >= 15 is 0 Å². The molecule has 1 amide bonds. The first-order valence-corrected chi connectivity index (χ1v) is 11.9. The van der Waals surface area contributed by atoms with Crippen LogP contribution in [0.1, 0.15) is 44.6 Å². The summed E-state index contributed by atoms with van der Waals surface area (Å²) in [5, 5.41) is 4.48. The lowest BCUT2D eigenvalue weighted by atomic mass is 10.00. The number of aromatic nitrogens is 1. The van der Waals surface area contributed by atoms with E-state index in [0.717, 1.165) is 48.5 Å². The number of carbonyl (C=O) groups excluding carboxylic acids is 1. The van der Waals surface area contributed by atoms with Gasteiger partial charge >= 0.3 is 0 Å². The van der Waals surface area contributed by atoms with Crippen molar-refractivity contribution in [3.63, 3.8) is 0 Å². The Kier molecular flexibility index (Phi) is 7.48. The predicted molar refractivity (Wildman–Crippen MR) is 131 cm³/mol. The number of likely N-dealkylation sites (tertiary alicyclic amines) is 1. The van der Waals surface area contributed by atoms with Crippen molar-refractivity contribution in [3.05, 3.63) is 54.1 Å². The summed E-state index contributed by atoms with van der Waals surface area (Å²) < 4.78 is 5.31. The molecule has 0 unspecified atom stereocenters. The number of nitrogens with zero attached hydrogens (tertiary/aromatic N) is 1. The Labute approximate surface area is 191 Å². The number of fused-ring (bicyclic) bond motifs is 1. The Bertz CT molecular complexity index is 1020. The van der Waals surface area contributed by atoms with Gasteiger partial charge in [0.2, 0.25) is 5.91 Å². The summed E-state index contributed by atoms with van der Waals surface area (Å²) in [6.45, 7) is 5.61. The lowest BCUT2D eigenvalue weighted by Gasteiger charge is -2.32. The second-order valence-corrected chi connectivity index (χ2v) is 8.79. The summed E-state index contributed by atoms with van der Waals surface area (Å²) in [6.07, 6.45) is 5.83. The van der Waals surface area contributed by atoms with E-state index in [1.54, 1.807) is 7.11 Å². The van der Waals surface area contributed by atoms with Crippen LogP contribution in [0, 0.1) is 0 Å². The van der Waals surface area contributed by atoms with Crippen molar-refractivity contribution in [1.82, 2.24) is 15.2 Å². The van der Waals surface area contributed by atoms with Crippen LogP contribution in [-0.4, -0.2) is 48.6 Å². The number of hydrogen-bond donors (Lipinski definition) is 2. The zero-order valence-electron chi connectivity index (χ0n) is 19.3. The Hall–Kier alpha value is -2.79. The van der Waals surface area contributed by atoms with Crippen LogP contribution in [0.5, 0.6) is 5.75 Å². The molecule has 0 atom stereocenters. The maximum absolute atomic E-state index is 12.8. The largest absolute Gasteiger partial charge is 0.497 e. The second kappa shape index (κ2) is 10.7. The van der Waals surface area contributed by atoms with Crippen molar-refractivity contribution in [3.8, 4) is 17.0 Å². The third-order valence-corrected chi connectivity index (χ3v) is 6.57. The summed E-state index contributed by atoms with van der Waals surface area (Å²) in [6, 6.07) is 16.7. The third kappa shape index (κ3) is 5.33. The number of carbonyl (C=O) groups is 1. The van der Waals surface area contributed by atoms with Crippen molar-refractivity contribution in [1.29, 1.82) is 0 Å². The summed E-state index contributed by atoms with van der Waals surface area (Å²) >= 11 is 0. The number of nitrogens with one attached hydrogen (secondary N) is 2. The third-order valence-electron chi connectivity index (χ3n) is 6.57. The number of piperidine rings is 1. The van der Waals surface area contributed by atoms with Crippen molar-refractivity contribution < 1.29 is 9.53 Å². The van der Waals surface area contributed by atoms with Crippen LogP contribution in [0.2, 0.25) is 0 Å². The van der Waals surface area contributed by atoms with Gasteiger partial charge in [-0.2, -0.15) is 0 Å². The van der Waals surface area contributed by atoms with E-state index in [4.69, 9.17) is 4.74 Å². The number of benzene rings is 2. The van der Waals surface area contributed by atoms with Gasteiger partial charge in [-0.3, -0.25) is 4.79 Å². The molecule has 2 N–H and O–H groups in total. The van der Waals surface area contributed by atoms with E-state index in [-0.39, 0.29) is 5.91 Å². The molecule has 32 heavy (non-hydrogen) atoms. The molecule has 3 aromatic rings. The van der Waals surface area contributed by atoms with E-state index in [9.17, 15) is 4.79 Å². The molecule has 2 aromatic carbocycles. The number of amides is 1. The molecule has 0 spiro atoms. The van der Waals surface area contributed by atoms with Crippen LogP contribution in [-0.2, 0) is 11.2 Å². The number of ether oxygens (including phenoxy) is 1. The van der Waals surface area contributed by atoms with E-state index < -0.39 is 0 Å². The molecule has 1 aliphatic rings. The summed E-state index contributed by atoms with van der Waals surface area (Å²) in [7, 11) is 1.68. The lowest BCUT2D eigenvalue weighted by molar-refractivity contribution is -0.122. The molecule has 0 radical (unpaired) electrons. The molecule has 5 heteroatoms. The highest BCUT2D eigenvalue weighted by Crippen LogP contribution is 2.32. The maximum Gasteiger partial charge on any atom is 0.220 e. The number of methoxy groups -OCH3 is 1. The normalized spacial score (nSPS) is 15.2. The van der Waals surface area contributed by atoms with Crippen LogP contribution >= 0.6 is 0 Å². The molecular formula is C27H35N3O2. The Morgan fingerprint density at radius 1 is 1.12 bits per heavy atom. The monoisotopic (exact) mass is 433 g/mol. The summed E-state index contributed by atoms with van der Waals surface area (Å²) in [4.78, 5) is 18.9. The van der Waals surface area contributed by atoms with Gasteiger partial charge in [0.15, 0.2) is 0 Å². The Morgan fingerprint density at radius 3 is 2.59 bits per heavy atom. The van der Waals surface area contributed by atoms with Gasteiger partial charge < -0.3 is 19.9 Å². The second-order valence-electron chi connectivity index (χ2n) is 8.79. The highest BCUT2D eigenvalue weighted by molar-refractivity contribution is 5.91. The minimum atomic E-state index is 0.156. The minimum Gasteiger partial charge on any atom is -0.497 e. The fourth-order valence-corrected chi connectivity index (χ4v) is 4.68. The molecule has 170 valence electrons. The van der Waals surface area contributed by atoms with Crippen LogP contribution in [0.15, 0.2) is 48.5 Å². The zero-order valence-corrected chi connectivity index (χ0v) is 19.3. The highest BCUT2D eigenvalue weighted by Gasteiger charge is 2.21. The van der Waals surface area contributed by atoms with E-state index in [0.29, 0.717) is 18.9 Å². The standard InChI is InChI=1S/C27H35N3O2/c1-3-4-17-30-18-15-21(16-19-30)28-26(31)14-13-24-23-7-5-6-8-25(23)29-27(24)20-9-11-22(32-2)12-10-20/h5-12,21,29H,3-4,13-19H2,1-2H3,(H,28,31). The van der Waals surface area contributed by atoms with Gasteiger partial charge in [0, 0.05) is 42.1 Å². The maximum atomic E-state index is 12.8. The minimum absolute atomic E-state index is 0.156. The van der Waals surface area contributed by atoms with Crippen molar-refractivity contribution in [2.75, 3.05) is 26.7 Å². The fraction of sp³-hybridized carbons (Fsp3) is 0.444. The van der Waals surface area contributed by atoms with Crippen LogP contribution in [0.4, 0.5) is 0 Å². The molecule has 2 heterocycles. The molecule has 0 aliphatic carbocycles. The van der Waals surface area contributed by atoms with Gasteiger partial charge in [0.25, 0.3) is 0 Å². The summed E-state index contributed by atoms with van der Waals surface area (Å²) in [5.74, 6) is 0.995.